The van der Waals surface area contributed by atoms with Gasteiger partial charge in [0, 0.05) is 19.2 Å². The lowest BCUT2D eigenvalue weighted by Crippen LogP contribution is -2.30. The van der Waals surface area contributed by atoms with Gasteiger partial charge in [0.05, 0.1) is 0 Å². The largest absolute Gasteiger partial charge is 0.462 e. The summed E-state index contributed by atoms with van der Waals surface area (Å²) in [6, 6.07) is 1.41. The number of hydrogen-bond donors (Lipinski definition) is 1. The van der Waals surface area contributed by atoms with Gasteiger partial charge in [-0.1, -0.05) is 13.8 Å². The van der Waals surface area contributed by atoms with Crippen LogP contribution in [0, 0.1) is 12.3 Å². The first kappa shape index (κ1) is 13.6. The van der Waals surface area contributed by atoms with Crippen LogP contribution >= 0.6 is 0 Å². The molecule has 1 aromatic rings. The summed E-state index contributed by atoms with van der Waals surface area (Å²) in [7, 11) is -3.50. The van der Waals surface area contributed by atoms with Crippen molar-refractivity contribution in [1.82, 2.24) is 4.31 Å². The van der Waals surface area contributed by atoms with Crippen molar-refractivity contribution in [3.05, 3.63) is 17.6 Å². The number of aryl methyl sites for hydroxylation is 1. The second-order valence-corrected chi connectivity index (χ2v) is 7.45. The Morgan fingerprint density at radius 3 is 2.61 bits per heavy atom. The van der Waals surface area contributed by atoms with E-state index in [1.165, 1.54) is 10.4 Å². The van der Waals surface area contributed by atoms with Crippen LogP contribution < -0.4 is 0 Å². The molecule has 18 heavy (non-hydrogen) atoms. The zero-order valence-corrected chi connectivity index (χ0v) is 11.7. The van der Waals surface area contributed by atoms with E-state index in [4.69, 9.17) is 9.52 Å². The summed E-state index contributed by atoms with van der Waals surface area (Å²) in [5.74, 6) is 0.619. The Kier molecular flexibility index (Phi) is 3.29. The first-order chi connectivity index (χ1) is 8.26. The van der Waals surface area contributed by atoms with Gasteiger partial charge in [0.1, 0.15) is 23.0 Å². The second kappa shape index (κ2) is 4.36. The Morgan fingerprint density at radius 2 is 2.17 bits per heavy atom. The van der Waals surface area contributed by atoms with Gasteiger partial charge in [-0.3, -0.25) is 0 Å². The monoisotopic (exact) mass is 273 g/mol. The van der Waals surface area contributed by atoms with E-state index in [-0.39, 0.29) is 22.7 Å². The molecule has 0 amide bonds. The molecule has 1 aliphatic heterocycles. The van der Waals surface area contributed by atoms with E-state index >= 15 is 0 Å². The molecule has 6 heteroatoms. The number of hydrogen-bond acceptors (Lipinski definition) is 4. The molecule has 1 N–H and O–H groups in total. The SMILES string of the molecule is Cc1oc(CO)cc1S(=O)(=O)N1CCC(C)(C)C1. The van der Waals surface area contributed by atoms with Crippen LogP contribution in [0.1, 0.15) is 31.8 Å². The molecule has 2 heterocycles. The van der Waals surface area contributed by atoms with Crippen LogP contribution in [0.3, 0.4) is 0 Å². The molecule has 0 radical (unpaired) electrons. The smallest absolute Gasteiger partial charge is 0.246 e. The molecule has 0 unspecified atom stereocenters. The first-order valence-electron chi connectivity index (χ1n) is 5.96. The highest BCUT2D eigenvalue weighted by Crippen LogP contribution is 2.34. The second-order valence-electron chi connectivity index (χ2n) is 5.54. The van der Waals surface area contributed by atoms with Crippen LogP contribution in [0.2, 0.25) is 0 Å². The van der Waals surface area contributed by atoms with E-state index in [1.807, 2.05) is 0 Å². The van der Waals surface area contributed by atoms with Crippen molar-refractivity contribution in [2.24, 2.45) is 5.41 Å². The normalized spacial score (nSPS) is 20.4. The molecular formula is C12H19NO4S. The Hall–Kier alpha value is -0.850. The number of aliphatic hydroxyl groups excluding tert-OH is 1. The van der Waals surface area contributed by atoms with E-state index in [1.54, 1.807) is 6.92 Å². The molecule has 0 atom stereocenters. The zero-order chi connectivity index (χ0) is 13.6. The van der Waals surface area contributed by atoms with Gasteiger partial charge in [-0.05, 0) is 18.8 Å². The first-order valence-corrected chi connectivity index (χ1v) is 7.41. The summed E-state index contributed by atoms with van der Waals surface area (Å²) < 4.78 is 31.6. The van der Waals surface area contributed by atoms with E-state index in [9.17, 15) is 8.42 Å². The summed E-state index contributed by atoms with van der Waals surface area (Å²) in [6.07, 6.45) is 0.857. The Labute approximate surface area is 107 Å². The van der Waals surface area contributed by atoms with Crippen molar-refractivity contribution >= 4 is 10.0 Å². The summed E-state index contributed by atoms with van der Waals surface area (Å²) in [5, 5.41) is 8.99. The Morgan fingerprint density at radius 1 is 1.50 bits per heavy atom. The Bertz CT molecular complexity index is 544. The number of nitrogens with zero attached hydrogens (tertiary/aromatic N) is 1. The molecule has 5 nitrogen and oxygen atoms in total. The quantitative estimate of drug-likeness (QED) is 0.906. The standard InChI is InChI=1S/C12H19NO4S/c1-9-11(6-10(7-14)17-9)18(15,16)13-5-4-12(2,3)8-13/h6,14H,4-5,7-8H2,1-3H3. The fourth-order valence-electron chi connectivity index (χ4n) is 2.27. The van der Waals surface area contributed by atoms with Crippen molar-refractivity contribution in [3.8, 4) is 0 Å². The van der Waals surface area contributed by atoms with Crippen LogP contribution in [-0.4, -0.2) is 30.9 Å². The third-order valence-electron chi connectivity index (χ3n) is 3.34. The lowest BCUT2D eigenvalue weighted by molar-refractivity contribution is 0.244. The lowest BCUT2D eigenvalue weighted by Gasteiger charge is -2.19. The van der Waals surface area contributed by atoms with Crippen molar-refractivity contribution in [2.75, 3.05) is 13.1 Å². The van der Waals surface area contributed by atoms with Gasteiger partial charge in [0.25, 0.3) is 0 Å². The lowest BCUT2D eigenvalue weighted by atomic mass is 9.93. The third-order valence-corrected chi connectivity index (χ3v) is 5.29. The maximum atomic E-state index is 12.5. The fraction of sp³-hybridized carbons (Fsp3) is 0.667. The summed E-state index contributed by atoms with van der Waals surface area (Å²) in [4.78, 5) is 0.171. The van der Waals surface area contributed by atoms with Crippen LogP contribution in [0.15, 0.2) is 15.4 Å². The fourth-order valence-corrected chi connectivity index (χ4v) is 4.08. The van der Waals surface area contributed by atoms with Crippen molar-refractivity contribution in [2.45, 2.75) is 38.7 Å². The van der Waals surface area contributed by atoms with Crippen LogP contribution in [0.25, 0.3) is 0 Å². The van der Waals surface area contributed by atoms with E-state index in [0.29, 0.717) is 18.8 Å². The van der Waals surface area contributed by atoms with Gasteiger partial charge < -0.3 is 9.52 Å². The summed E-state index contributed by atoms with van der Waals surface area (Å²) >= 11 is 0. The van der Waals surface area contributed by atoms with Crippen molar-refractivity contribution < 1.29 is 17.9 Å². The predicted molar refractivity (Wildman–Crippen MR) is 66.5 cm³/mol. The van der Waals surface area contributed by atoms with Gasteiger partial charge in [-0.2, -0.15) is 4.31 Å². The number of sulfonamides is 1. The summed E-state index contributed by atoms with van der Waals surface area (Å²) in [6.45, 7) is 6.49. The van der Waals surface area contributed by atoms with Crippen LogP contribution in [0.4, 0.5) is 0 Å². The van der Waals surface area contributed by atoms with E-state index < -0.39 is 10.0 Å². The van der Waals surface area contributed by atoms with Gasteiger partial charge in [0.15, 0.2) is 0 Å². The molecule has 0 aliphatic carbocycles. The van der Waals surface area contributed by atoms with Crippen LogP contribution in [-0.2, 0) is 16.6 Å². The van der Waals surface area contributed by atoms with Crippen molar-refractivity contribution in [3.63, 3.8) is 0 Å². The highest BCUT2D eigenvalue weighted by Gasteiger charge is 2.38. The third kappa shape index (κ3) is 2.32. The number of rotatable bonds is 3. The minimum absolute atomic E-state index is 0.0184. The summed E-state index contributed by atoms with van der Waals surface area (Å²) in [5.41, 5.74) is 0.0184. The molecule has 0 saturated carbocycles. The number of furan rings is 1. The highest BCUT2D eigenvalue weighted by molar-refractivity contribution is 7.89. The minimum Gasteiger partial charge on any atom is -0.462 e. The van der Waals surface area contributed by atoms with Crippen molar-refractivity contribution in [1.29, 1.82) is 0 Å². The van der Waals surface area contributed by atoms with Gasteiger partial charge in [-0.15, -0.1) is 0 Å². The van der Waals surface area contributed by atoms with Gasteiger partial charge in [0.2, 0.25) is 10.0 Å². The highest BCUT2D eigenvalue weighted by atomic mass is 32.2. The molecule has 2 rings (SSSR count). The molecule has 1 aliphatic rings. The maximum absolute atomic E-state index is 12.5. The molecule has 102 valence electrons. The zero-order valence-electron chi connectivity index (χ0n) is 10.9. The number of aliphatic hydroxyl groups is 1. The maximum Gasteiger partial charge on any atom is 0.246 e. The molecular weight excluding hydrogens is 254 g/mol. The Balaban J connectivity index is 2.34. The van der Waals surface area contributed by atoms with Gasteiger partial charge in [-0.25, -0.2) is 8.42 Å². The predicted octanol–water partition coefficient (Wildman–Crippen LogP) is 1.50. The molecule has 1 aromatic heterocycles. The minimum atomic E-state index is -3.50. The molecule has 1 saturated heterocycles. The average molecular weight is 273 g/mol. The van der Waals surface area contributed by atoms with Crippen LogP contribution in [0.5, 0.6) is 0 Å². The molecule has 0 aromatic carbocycles. The molecule has 1 fully saturated rings. The molecule has 0 spiro atoms. The van der Waals surface area contributed by atoms with E-state index in [0.717, 1.165) is 6.42 Å². The van der Waals surface area contributed by atoms with Gasteiger partial charge >= 0.3 is 0 Å². The topological polar surface area (TPSA) is 70.8 Å². The average Bonchev–Trinajstić information content (AvgIpc) is 2.82. The van der Waals surface area contributed by atoms with E-state index in [2.05, 4.69) is 13.8 Å². The molecule has 0 bridgehead atoms.